The van der Waals surface area contributed by atoms with Gasteiger partial charge in [0.1, 0.15) is 0 Å². The summed E-state index contributed by atoms with van der Waals surface area (Å²) in [7, 11) is 0. The van der Waals surface area contributed by atoms with E-state index in [9.17, 15) is 9.59 Å². The normalized spacial score (nSPS) is 16.1. The van der Waals surface area contributed by atoms with Crippen LogP contribution in [0.2, 0.25) is 0 Å². The van der Waals surface area contributed by atoms with Crippen LogP contribution in [0.25, 0.3) is 0 Å². The predicted molar refractivity (Wildman–Crippen MR) is 87.8 cm³/mol. The zero-order chi connectivity index (χ0) is 15.5. The van der Waals surface area contributed by atoms with E-state index >= 15 is 0 Å². The van der Waals surface area contributed by atoms with Gasteiger partial charge in [0.15, 0.2) is 0 Å². The summed E-state index contributed by atoms with van der Waals surface area (Å²) in [5.74, 6) is 0.356. The van der Waals surface area contributed by atoms with E-state index in [0.717, 1.165) is 18.4 Å². The van der Waals surface area contributed by atoms with Gasteiger partial charge in [0, 0.05) is 18.7 Å². The quantitative estimate of drug-likeness (QED) is 0.629. The number of rotatable bonds is 6. The summed E-state index contributed by atoms with van der Waals surface area (Å²) in [5.41, 5.74) is 11.9. The first-order valence-corrected chi connectivity index (χ1v) is 7.09. The van der Waals surface area contributed by atoms with Crippen LogP contribution in [0.5, 0.6) is 0 Å². The third kappa shape index (κ3) is 4.61. The SMILES string of the molecule is CC(CN)(NC(=O)c1ccc(CNC(N)=O)cc1)C1CC1.Cl. The smallest absolute Gasteiger partial charge is 0.312 e. The highest BCUT2D eigenvalue weighted by Crippen LogP contribution is 2.39. The van der Waals surface area contributed by atoms with Gasteiger partial charge < -0.3 is 22.1 Å². The summed E-state index contributed by atoms with van der Waals surface area (Å²) >= 11 is 0. The van der Waals surface area contributed by atoms with Gasteiger partial charge in [-0.1, -0.05) is 12.1 Å². The number of hydrogen-bond acceptors (Lipinski definition) is 3. The molecule has 0 heterocycles. The molecule has 1 unspecified atom stereocenters. The average Bonchev–Trinajstić information content (AvgIpc) is 3.30. The second kappa shape index (κ2) is 7.47. The van der Waals surface area contributed by atoms with E-state index in [2.05, 4.69) is 10.6 Å². The van der Waals surface area contributed by atoms with Crippen molar-refractivity contribution in [2.75, 3.05) is 6.54 Å². The minimum absolute atomic E-state index is 0. The van der Waals surface area contributed by atoms with Crippen LogP contribution in [0.15, 0.2) is 24.3 Å². The number of benzene rings is 1. The number of nitrogens with one attached hydrogen (secondary N) is 2. The lowest BCUT2D eigenvalue weighted by molar-refractivity contribution is 0.0898. The Balaban J connectivity index is 0.00000242. The largest absolute Gasteiger partial charge is 0.352 e. The average molecular weight is 327 g/mol. The molecule has 1 atom stereocenters. The summed E-state index contributed by atoms with van der Waals surface area (Å²) in [6.45, 7) is 2.78. The highest BCUT2D eigenvalue weighted by molar-refractivity contribution is 5.94. The molecule has 0 radical (unpaired) electrons. The van der Waals surface area contributed by atoms with Crippen LogP contribution in [0.4, 0.5) is 4.79 Å². The van der Waals surface area contributed by atoms with Gasteiger partial charge in [-0.05, 0) is 43.4 Å². The second-order valence-corrected chi connectivity index (χ2v) is 5.76. The van der Waals surface area contributed by atoms with Crippen LogP contribution in [-0.2, 0) is 6.54 Å². The van der Waals surface area contributed by atoms with Gasteiger partial charge in [-0.25, -0.2) is 4.79 Å². The minimum atomic E-state index is -0.569. The molecule has 1 fully saturated rings. The van der Waals surface area contributed by atoms with Crippen molar-refractivity contribution in [2.24, 2.45) is 17.4 Å². The molecule has 1 saturated carbocycles. The number of primary amides is 1. The fraction of sp³-hybridized carbons (Fsp3) is 0.467. The molecule has 0 spiro atoms. The predicted octanol–water partition coefficient (Wildman–Crippen LogP) is 1.13. The molecule has 22 heavy (non-hydrogen) atoms. The van der Waals surface area contributed by atoms with E-state index in [1.165, 1.54) is 0 Å². The molecule has 1 aromatic carbocycles. The summed E-state index contributed by atoms with van der Waals surface area (Å²) in [6.07, 6.45) is 2.23. The molecule has 1 aliphatic carbocycles. The molecular formula is C15H23ClN4O2. The summed E-state index contributed by atoms with van der Waals surface area (Å²) in [5, 5.41) is 5.54. The molecule has 122 valence electrons. The highest BCUT2D eigenvalue weighted by atomic mass is 35.5. The van der Waals surface area contributed by atoms with Gasteiger partial charge in [-0.3, -0.25) is 4.79 Å². The van der Waals surface area contributed by atoms with E-state index < -0.39 is 6.03 Å². The van der Waals surface area contributed by atoms with Gasteiger partial charge in [-0.2, -0.15) is 0 Å². The zero-order valence-corrected chi connectivity index (χ0v) is 13.4. The van der Waals surface area contributed by atoms with Gasteiger partial charge in [0.2, 0.25) is 0 Å². The maximum Gasteiger partial charge on any atom is 0.312 e. The number of urea groups is 1. The number of hydrogen-bond donors (Lipinski definition) is 4. The second-order valence-electron chi connectivity index (χ2n) is 5.76. The molecular weight excluding hydrogens is 304 g/mol. The number of carbonyl (C=O) groups is 2. The van der Waals surface area contributed by atoms with E-state index in [4.69, 9.17) is 11.5 Å². The first kappa shape index (κ1) is 18.3. The number of nitrogens with two attached hydrogens (primary N) is 2. The highest BCUT2D eigenvalue weighted by Gasteiger charge is 2.41. The Morgan fingerprint density at radius 3 is 2.32 bits per heavy atom. The van der Waals surface area contributed by atoms with Crippen LogP contribution < -0.4 is 22.1 Å². The summed E-state index contributed by atoms with van der Waals surface area (Å²) in [4.78, 5) is 22.9. The van der Waals surface area contributed by atoms with Crippen molar-refractivity contribution in [1.82, 2.24) is 10.6 Å². The van der Waals surface area contributed by atoms with Gasteiger partial charge in [0.05, 0.1) is 5.54 Å². The fourth-order valence-corrected chi connectivity index (χ4v) is 2.33. The third-order valence-electron chi connectivity index (χ3n) is 3.98. The molecule has 1 aromatic rings. The molecule has 0 bridgehead atoms. The fourth-order valence-electron chi connectivity index (χ4n) is 2.33. The van der Waals surface area contributed by atoms with Gasteiger partial charge in [0.25, 0.3) is 5.91 Å². The lowest BCUT2D eigenvalue weighted by atomic mass is 9.95. The molecule has 7 heteroatoms. The van der Waals surface area contributed by atoms with E-state index in [-0.39, 0.29) is 23.9 Å². The van der Waals surface area contributed by atoms with Crippen molar-refractivity contribution in [2.45, 2.75) is 31.8 Å². The lowest BCUT2D eigenvalue weighted by Crippen LogP contribution is -2.53. The van der Waals surface area contributed by atoms with Crippen LogP contribution in [-0.4, -0.2) is 24.0 Å². The van der Waals surface area contributed by atoms with Crippen molar-refractivity contribution in [3.63, 3.8) is 0 Å². The number of carbonyl (C=O) groups excluding carboxylic acids is 2. The minimum Gasteiger partial charge on any atom is -0.352 e. The van der Waals surface area contributed by atoms with E-state index in [1.54, 1.807) is 24.3 Å². The number of halogens is 1. The van der Waals surface area contributed by atoms with Gasteiger partial charge in [-0.15, -0.1) is 12.4 Å². The molecule has 6 nitrogen and oxygen atoms in total. The first-order chi connectivity index (χ1) is 9.94. The summed E-state index contributed by atoms with van der Waals surface area (Å²) < 4.78 is 0. The Labute approximate surface area is 136 Å². The Kier molecular flexibility index (Phi) is 6.20. The lowest BCUT2D eigenvalue weighted by Gasteiger charge is -2.29. The molecule has 2 rings (SSSR count). The Hall–Kier alpha value is -1.79. The molecule has 0 aromatic heterocycles. The van der Waals surface area contributed by atoms with Crippen molar-refractivity contribution < 1.29 is 9.59 Å². The first-order valence-electron chi connectivity index (χ1n) is 7.09. The molecule has 1 aliphatic rings. The van der Waals surface area contributed by atoms with Crippen LogP contribution in [0.3, 0.4) is 0 Å². The molecule has 6 N–H and O–H groups in total. The van der Waals surface area contributed by atoms with Crippen molar-refractivity contribution in [3.8, 4) is 0 Å². The topological polar surface area (TPSA) is 110 Å². The third-order valence-corrected chi connectivity index (χ3v) is 3.98. The Morgan fingerprint density at radius 1 is 1.27 bits per heavy atom. The molecule has 0 aliphatic heterocycles. The maximum atomic E-state index is 12.3. The van der Waals surface area contributed by atoms with Crippen molar-refractivity contribution >= 4 is 24.3 Å². The monoisotopic (exact) mass is 326 g/mol. The standard InChI is InChI=1S/C15H22N4O2.ClH/c1-15(9-16,12-6-7-12)19-13(20)11-4-2-10(3-5-11)8-18-14(17)21;/h2-5,12H,6-9,16H2,1H3,(H,19,20)(H3,17,18,21);1H. The Bertz CT molecular complexity index is 531. The van der Waals surface area contributed by atoms with Crippen molar-refractivity contribution in [3.05, 3.63) is 35.4 Å². The number of amides is 3. The molecule has 0 saturated heterocycles. The molecule has 3 amide bonds. The Morgan fingerprint density at radius 2 is 1.86 bits per heavy atom. The van der Waals surface area contributed by atoms with E-state index in [1.807, 2.05) is 6.92 Å². The zero-order valence-electron chi connectivity index (χ0n) is 12.6. The van der Waals surface area contributed by atoms with Crippen LogP contribution >= 0.6 is 12.4 Å². The van der Waals surface area contributed by atoms with Crippen LogP contribution in [0.1, 0.15) is 35.7 Å². The van der Waals surface area contributed by atoms with Gasteiger partial charge >= 0.3 is 6.03 Å². The van der Waals surface area contributed by atoms with Crippen molar-refractivity contribution in [1.29, 1.82) is 0 Å². The van der Waals surface area contributed by atoms with E-state index in [0.29, 0.717) is 24.6 Å². The summed E-state index contributed by atoms with van der Waals surface area (Å²) in [6, 6.07) is 6.48. The maximum absolute atomic E-state index is 12.3. The van der Waals surface area contributed by atoms with Crippen LogP contribution in [0, 0.1) is 5.92 Å².